The molecule has 1 aromatic heterocycles. The maximum absolute atomic E-state index is 14.3. The van der Waals surface area contributed by atoms with Gasteiger partial charge < -0.3 is 0 Å². The Morgan fingerprint density at radius 2 is 1.24 bits per heavy atom. The fourth-order valence-corrected chi connectivity index (χ4v) is 3.81. The van der Waals surface area contributed by atoms with Crippen LogP contribution in [0.2, 0.25) is 0 Å². The highest BCUT2D eigenvalue weighted by atomic mass is 19.1. The summed E-state index contributed by atoms with van der Waals surface area (Å²) in [6.07, 6.45) is 1.60. The quantitative estimate of drug-likeness (QED) is 0.430. The minimum Gasteiger partial charge on any atom is -0.245 e. The van der Waals surface area contributed by atoms with E-state index in [-0.39, 0.29) is 17.3 Å². The van der Waals surface area contributed by atoms with E-state index in [1.54, 1.807) is 30.5 Å². The van der Waals surface area contributed by atoms with Gasteiger partial charge in [-0.15, -0.1) is 0 Å². The number of nitriles is 1. The maximum Gasteiger partial charge on any atom is 0.140 e. The van der Waals surface area contributed by atoms with E-state index in [9.17, 15) is 8.78 Å². The van der Waals surface area contributed by atoms with Crippen molar-refractivity contribution < 1.29 is 8.78 Å². The van der Waals surface area contributed by atoms with Crippen LogP contribution in [0, 0.1) is 23.0 Å². The summed E-state index contributed by atoms with van der Waals surface area (Å²) >= 11 is 0. The van der Waals surface area contributed by atoms with E-state index in [1.165, 1.54) is 24.3 Å². The maximum atomic E-state index is 14.3. The van der Waals surface area contributed by atoms with Gasteiger partial charge in [0.05, 0.1) is 5.41 Å². The molecule has 0 saturated heterocycles. The van der Waals surface area contributed by atoms with E-state index in [0.717, 1.165) is 5.56 Å². The number of nitrogens with zero attached hydrogens (tertiary/aromatic N) is 2. The van der Waals surface area contributed by atoms with Crippen molar-refractivity contribution in [3.8, 4) is 6.07 Å². The Morgan fingerprint density at radius 1 is 0.655 bits per heavy atom. The van der Waals surface area contributed by atoms with Gasteiger partial charge in [0, 0.05) is 6.20 Å². The summed E-state index contributed by atoms with van der Waals surface area (Å²) in [5, 5.41) is 9.14. The molecule has 140 valence electrons. The molecule has 4 aromatic rings. The van der Waals surface area contributed by atoms with Crippen molar-refractivity contribution in [2.45, 2.75) is 5.41 Å². The highest BCUT2D eigenvalue weighted by Gasteiger charge is 2.39. The third-order valence-corrected chi connectivity index (χ3v) is 5.03. The van der Waals surface area contributed by atoms with Crippen molar-refractivity contribution in [1.82, 2.24) is 4.98 Å². The summed E-state index contributed by atoms with van der Waals surface area (Å²) in [4.78, 5) is 4.24. The number of hydrogen-bond acceptors (Lipinski definition) is 2. The molecule has 0 spiro atoms. The summed E-state index contributed by atoms with van der Waals surface area (Å²) < 4.78 is 28.6. The normalized spacial score (nSPS) is 11.1. The van der Waals surface area contributed by atoms with Gasteiger partial charge in [-0.1, -0.05) is 60.7 Å². The molecule has 0 aliphatic rings. The number of pyridine rings is 1. The van der Waals surface area contributed by atoms with E-state index in [2.05, 4.69) is 4.98 Å². The van der Waals surface area contributed by atoms with Gasteiger partial charge in [-0.05, 0) is 52.6 Å². The van der Waals surface area contributed by atoms with Crippen molar-refractivity contribution in [3.63, 3.8) is 0 Å². The fourth-order valence-electron chi connectivity index (χ4n) is 3.81. The van der Waals surface area contributed by atoms with Gasteiger partial charge in [-0.2, -0.15) is 5.26 Å². The van der Waals surface area contributed by atoms with Gasteiger partial charge in [-0.25, -0.2) is 13.8 Å². The van der Waals surface area contributed by atoms with Gasteiger partial charge in [-0.3, -0.25) is 0 Å². The van der Waals surface area contributed by atoms with Crippen LogP contribution in [0.15, 0.2) is 97.2 Å². The van der Waals surface area contributed by atoms with E-state index < -0.39 is 5.41 Å². The van der Waals surface area contributed by atoms with Crippen molar-refractivity contribution in [3.05, 3.63) is 137 Å². The summed E-state index contributed by atoms with van der Waals surface area (Å²) in [5.74, 6) is -0.776. The Kier molecular flexibility index (Phi) is 4.88. The van der Waals surface area contributed by atoms with Crippen LogP contribution < -0.4 is 0 Å². The molecule has 0 N–H and O–H groups in total. The van der Waals surface area contributed by atoms with Gasteiger partial charge in [0.25, 0.3) is 0 Å². The van der Waals surface area contributed by atoms with Crippen molar-refractivity contribution >= 4 is 0 Å². The second kappa shape index (κ2) is 7.65. The average molecular weight is 382 g/mol. The lowest BCUT2D eigenvalue weighted by atomic mass is 9.65. The third-order valence-electron chi connectivity index (χ3n) is 5.03. The first-order valence-electron chi connectivity index (χ1n) is 9.09. The fraction of sp³-hybridized carbons (Fsp3) is 0.0400. The first-order chi connectivity index (χ1) is 14.1. The monoisotopic (exact) mass is 382 g/mol. The molecule has 3 aromatic carbocycles. The van der Waals surface area contributed by atoms with Crippen LogP contribution in [0.25, 0.3) is 0 Å². The lowest BCUT2D eigenvalue weighted by molar-refractivity contribution is 0.611. The minimum atomic E-state index is -1.01. The molecule has 0 fully saturated rings. The highest BCUT2D eigenvalue weighted by Crippen LogP contribution is 2.45. The third kappa shape index (κ3) is 3.28. The van der Waals surface area contributed by atoms with Gasteiger partial charge in [0.1, 0.15) is 23.4 Å². The van der Waals surface area contributed by atoms with Crippen molar-refractivity contribution in [2.75, 3.05) is 0 Å². The smallest absolute Gasteiger partial charge is 0.140 e. The van der Waals surface area contributed by atoms with Crippen LogP contribution in [0.1, 0.15) is 27.9 Å². The Hall–Kier alpha value is -3.84. The number of benzene rings is 3. The Balaban J connectivity index is 2.14. The standard InChI is InChI=1S/C25H16F2N2/c26-22-10-4-8-19(14-22)25(18-6-2-1-3-7-18,20-9-5-11-23(27)15-20)21-12-13-24(16-28)29-17-21/h1-15,17H. The number of hydrogen-bond donors (Lipinski definition) is 0. The molecule has 0 atom stereocenters. The molecular weight excluding hydrogens is 366 g/mol. The van der Waals surface area contributed by atoms with Gasteiger partial charge >= 0.3 is 0 Å². The molecule has 0 aliphatic heterocycles. The molecule has 1 heterocycles. The second-order valence-electron chi connectivity index (χ2n) is 6.68. The van der Waals surface area contributed by atoms with E-state index in [1.807, 2.05) is 48.5 Å². The van der Waals surface area contributed by atoms with Crippen LogP contribution in [0.4, 0.5) is 8.78 Å². The molecule has 0 bridgehead atoms. The topological polar surface area (TPSA) is 36.7 Å². The van der Waals surface area contributed by atoms with Gasteiger partial charge in [0.2, 0.25) is 0 Å². The van der Waals surface area contributed by atoms with E-state index in [4.69, 9.17) is 5.26 Å². The summed E-state index contributed by atoms with van der Waals surface area (Å²) in [5.41, 5.74) is 2.09. The molecule has 0 radical (unpaired) electrons. The number of halogens is 2. The number of aromatic nitrogens is 1. The predicted octanol–water partition coefficient (Wildman–Crippen LogP) is 5.61. The number of rotatable bonds is 4. The lowest BCUT2D eigenvalue weighted by Crippen LogP contribution is -2.31. The van der Waals surface area contributed by atoms with Crippen molar-refractivity contribution in [2.24, 2.45) is 0 Å². The molecule has 29 heavy (non-hydrogen) atoms. The van der Waals surface area contributed by atoms with E-state index >= 15 is 0 Å². The predicted molar refractivity (Wildman–Crippen MR) is 107 cm³/mol. The van der Waals surface area contributed by atoms with Crippen LogP contribution in [-0.2, 0) is 5.41 Å². The molecule has 4 rings (SSSR count). The van der Waals surface area contributed by atoms with E-state index in [0.29, 0.717) is 16.7 Å². The van der Waals surface area contributed by atoms with Crippen LogP contribution >= 0.6 is 0 Å². The van der Waals surface area contributed by atoms with Crippen LogP contribution in [0.5, 0.6) is 0 Å². The highest BCUT2D eigenvalue weighted by molar-refractivity contribution is 5.59. The minimum absolute atomic E-state index is 0.272. The first kappa shape index (κ1) is 18.5. The molecule has 4 heteroatoms. The second-order valence-corrected chi connectivity index (χ2v) is 6.68. The first-order valence-corrected chi connectivity index (χ1v) is 9.09. The summed E-state index contributed by atoms with van der Waals surface area (Å²) in [6, 6.07) is 27.5. The largest absolute Gasteiger partial charge is 0.245 e. The molecule has 0 saturated carbocycles. The molecular formula is C25H16F2N2. The van der Waals surface area contributed by atoms with Crippen LogP contribution in [0.3, 0.4) is 0 Å². The zero-order valence-corrected chi connectivity index (χ0v) is 15.4. The Labute approximate surface area is 167 Å². The summed E-state index contributed by atoms with van der Waals surface area (Å²) in [7, 11) is 0. The molecule has 0 amide bonds. The SMILES string of the molecule is N#Cc1ccc(C(c2ccccc2)(c2cccc(F)c2)c2cccc(F)c2)cn1. The van der Waals surface area contributed by atoms with Crippen molar-refractivity contribution in [1.29, 1.82) is 5.26 Å². The molecule has 0 aliphatic carbocycles. The summed E-state index contributed by atoms with van der Waals surface area (Å²) in [6.45, 7) is 0. The Bertz CT molecular complexity index is 1130. The Morgan fingerprint density at radius 3 is 1.72 bits per heavy atom. The molecule has 2 nitrogen and oxygen atoms in total. The van der Waals surface area contributed by atoms with Crippen LogP contribution in [-0.4, -0.2) is 4.98 Å². The zero-order chi connectivity index (χ0) is 20.3. The molecule has 0 unspecified atom stereocenters. The van der Waals surface area contributed by atoms with Gasteiger partial charge in [0.15, 0.2) is 0 Å². The lowest BCUT2D eigenvalue weighted by Gasteiger charge is -2.36. The average Bonchev–Trinajstić information content (AvgIpc) is 2.76. The zero-order valence-electron chi connectivity index (χ0n) is 15.4.